The number of rotatable bonds is 8. The lowest BCUT2D eigenvalue weighted by Gasteiger charge is -2.28. The van der Waals surface area contributed by atoms with E-state index in [0.717, 1.165) is 19.3 Å². The molecule has 1 aliphatic carbocycles. The van der Waals surface area contributed by atoms with Crippen LogP contribution in [-0.4, -0.2) is 43.9 Å². The number of ketones is 1. The van der Waals surface area contributed by atoms with Gasteiger partial charge in [-0.05, 0) is 25.2 Å². The van der Waals surface area contributed by atoms with Gasteiger partial charge in [0.1, 0.15) is 5.78 Å². The van der Waals surface area contributed by atoms with Crippen LogP contribution in [0.2, 0.25) is 0 Å². The highest BCUT2D eigenvalue weighted by Gasteiger charge is 2.29. The monoisotopic (exact) mass is 258 g/mol. The summed E-state index contributed by atoms with van der Waals surface area (Å²) in [6.45, 7) is 3.49. The van der Waals surface area contributed by atoms with Gasteiger partial charge in [-0.15, -0.1) is 0 Å². The van der Waals surface area contributed by atoms with Gasteiger partial charge in [-0.3, -0.25) is 4.79 Å². The summed E-state index contributed by atoms with van der Waals surface area (Å²) in [5.41, 5.74) is 0. The molecule has 1 rings (SSSR count). The lowest BCUT2D eigenvalue weighted by molar-refractivity contribution is -0.127. The SMILES string of the molecule is CCC1CCC(=O)C(CC(O)COCCOC)C1. The standard InChI is InChI=1S/C14H26O4/c1-3-11-4-5-14(16)12(8-11)9-13(15)10-18-7-6-17-2/h11-13,15H,3-10H2,1-2H3. The smallest absolute Gasteiger partial charge is 0.136 e. The third kappa shape index (κ3) is 5.46. The first kappa shape index (κ1) is 15.6. The van der Waals surface area contributed by atoms with Crippen LogP contribution in [0.1, 0.15) is 39.0 Å². The maximum absolute atomic E-state index is 11.8. The molecule has 3 unspecified atom stereocenters. The van der Waals surface area contributed by atoms with Crippen molar-refractivity contribution in [3.05, 3.63) is 0 Å². The molecule has 0 aliphatic heterocycles. The van der Waals surface area contributed by atoms with Gasteiger partial charge in [0.2, 0.25) is 0 Å². The quantitative estimate of drug-likeness (QED) is 0.674. The van der Waals surface area contributed by atoms with Crippen molar-refractivity contribution in [1.29, 1.82) is 0 Å². The Hall–Kier alpha value is -0.450. The van der Waals surface area contributed by atoms with Crippen LogP contribution in [0.25, 0.3) is 0 Å². The molecular weight excluding hydrogens is 232 g/mol. The largest absolute Gasteiger partial charge is 0.391 e. The van der Waals surface area contributed by atoms with Crippen molar-refractivity contribution in [3.8, 4) is 0 Å². The number of carbonyl (C=O) groups is 1. The fraction of sp³-hybridized carbons (Fsp3) is 0.929. The van der Waals surface area contributed by atoms with E-state index in [0.29, 0.717) is 44.4 Å². The lowest BCUT2D eigenvalue weighted by Crippen LogP contribution is -2.30. The van der Waals surface area contributed by atoms with Crippen LogP contribution in [0.15, 0.2) is 0 Å². The molecule has 0 aromatic heterocycles. The predicted molar refractivity (Wildman–Crippen MR) is 69.4 cm³/mol. The molecule has 0 bridgehead atoms. The summed E-state index contributed by atoms with van der Waals surface area (Å²) in [5, 5.41) is 9.86. The molecule has 0 radical (unpaired) electrons. The number of hydrogen-bond donors (Lipinski definition) is 1. The lowest BCUT2D eigenvalue weighted by atomic mass is 9.77. The van der Waals surface area contributed by atoms with Crippen molar-refractivity contribution < 1.29 is 19.4 Å². The zero-order chi connectivity index (χ0) is 13.4. The molecule has 0 heterocycles. The zero-order valence-corrected chi connectivity index (χ0v) is 11.6. The van der Waals surface area contributed by atoms with Crippen LogP contribution in [0, 0.1) is 11.8 Å². The van der Waals surface area contributed by atoms with Gasteiger partial charge in [-0.1, -0.05) is 13.3 Å². The number of ether oxygens (including phenoxy) is 2. The van der Waals surface area contributed by atoms with Crippen molar-refractivity contribution in [1.82, 2.24) is 0 Å². The summed E-state index contributed by atoms with van der Waals surface area (Å²) in [4.78, 5) is 11.8. The topological polar surface area (TPSA) is 55.8 Å². The molecule has 3 atom stereocenters. The van der Waals surface area contributed by atoms with Gasteiger partial charge in [0, 0.05) is 19.4 Å². The van der Waals surface area contributed by atoms with E-state index in [1.54, 1.807) is 7.11 Å². The van der Waals surface area contributed by atoms with Crippen molar-refractivity contribution in [3.63, 3.8) is 0 Å². The third-order valence-corrected chi connectivity index (χ3v) is 3.75. The highest BCUT2D eigenvalue weighted by Crippen LogP contribution is 2.31. The number of aliphatic hydroxyl groups is 1. The average molecular weight is 258 g/mol. The van der Waals surface area contributed by atoms with Gasteiger partial charge < -0.3 is 14.6 Å². The Bertz CT molecular complexity index is 242. The molecule has 0 aromatic carbocycles. The Morgan fingerprint density at radius 2 is 2.22 bits per heavy atom. The first-order chi connectivity index (χ1) is 8.67. The Morgan fingerprint density at radius 3 is 2.89 bits per heavy atom. The van der Waals surface area contributed by atoms with E-state index in [4.69, 9.17) is 9.47 Å². The van der Waals surface area contributed by atoms with Crippen LogP contribution < -0.4 is 0 Å². The van der Waals surface area contributed by atoms with Crippen molar-refractivity contribution >= 4 is 5.78 Å². The van der Waals surface area contributed by atoms with Crippen molar-refractivity contribution in [2.75, 3.05) is 26.9 Å². The van der Waals surface area contributed by atoms with Crippen LogP contribution in [-0.2, 0) is 14.3 Å². The maximum atomic E-state index is 11.8. The maximum Gasteiger partial charge on any atom is 0.136 e. The third-order valence-electron chi connectivity index (χ3n) is 3.75. The summed E-state index contributed by atoms with van der Waals surface area (Å²) in [5.74, 6) is 0.995. The number of aliphatic hydroxyl groups excluding tert-OH is 1. The van der Waals surface area contributed by atoms with E-state index in [2.05, 4.69) is 6.92 Å². The van der Waals surface area contributed by atoms with Gasteiger partial charge in [0.05, 0.1) is 25.9 Å². The summed E-state index contributed by atoms with van der Waals surface area (Å²) in [7, 11) is 1.62. The molecule has 1 N–H and O–H groups in total. The van der Waals surface area contributed by atoms with Gasteiger partial charge in [0.25, 0.3) is 0 Å². The number of hydrogen-bond acceptors (Lipinski definition) is 4. The molecule has 0 amide bonds. The summed E-state index contributed by atoms with van der Waals surface area (Å²) < 4.78 is 10.1. The molecule has 1 aliphatic rings. The predicted octanol–water partition coefficient (Wildman–Crippen LogP) is 1.80. The molecule has 4 heteroatoms. The molecular formula is C14H26O4. The number of Topliss-reactive ketones (excluding diaryl/α,β-unsaturated/α-hetero) is 1. The molecule has 4 nitrogen and oxygen atoms in total. The minimum atomic E-state index is -0.536. The normalized spacial score (nSPS) is 26.3. The van der Waals surface area contributed by atoms with E-state index in [-0.39, 0.29) is 5.92 Å². The first-order valence-electron chi connectivity index (χ1n) is 6.94. The van der Waals surface area contributed by atoms with Crippen LogP contribution in [0.5, 0.6) is 0 Å². The van der Waals surface area contributed by atoms with Gasteiger partial charge >= 0.3 is 0 Å². The molecule has 0 spiro atoms. The number of carbonyl (C=O) groups excluding carboxylic acids is 1. The summed E-state index contributed by atoms with van der Waals surface area (Å²) >= 11 is 0. The minimum absolute atomic E-state index is 0.0322. The van der Waals surface area contributed by atoms with E-state index in [1.165, 1.54) is 0 Å². The van der Waals surface area contributed by atoms with Gasteiger partial charge in [-0.2, -0.15) is 0 Å². The fourth-order valence-electron chi connectivity index (χ4n) is 2.56. The first-order valence-corrected chi connectivity index (χ1v) is 6.94. The Labute approximate surface area is 110 Å². The van der Waals surface area contributed by atoms with Crippen LogP contribution in [0.4, 0.5) is 0 Å². The van der Waals surface area contributed by atoms with Gasteiger partial charge in [-0.25, -0.2) is 0 Å². The average Bonchev–Trinajstić information content (AvgIpc) is 2.37. The molecule has 106 valence electrons. The van der Waals surface area contributed by atoms with Crippen molar-refractivity contribution in [2.45, 2.75) is 45.1 Å². The molecule has 18 heavy (non-hydrogen) atoms. The van der Waals surface area contributed by atoms with Crippen molar-refractivity contribution in [2.24, 2.45) is 11.8 Å². The molecule has 1 fully saturated rings. The summed E-state index contributed by atoms with van der Waals surface area (Å²) in [6.07, 6.45) is 3.77. The van der Waals surface area contributed by atoms with E-state index < -0.39 is 6.10 Å². The Kier molecular flexibility index (Phi) is 7.47. The van der Waals surface area contributed by atoms with Crippen LogP contribution in [0.3, 0.4) is 0 Å². The second-order valence-corrected chi connectivity index (χ2v) is 5.17. The van der Waals surface area contributed by atoms with E-state index in [1.807, 2.05) is 0 Å². The zero-order valence-electron chi connectivity index (χ0n) is 11.6. The summed E-state index contributed by atoms with van der Waals surface area (Å²) in [6, 6.07) is 0. The second kappa shape index (κ2) is 8.62. The van der Waals surface area contributed by atoms with Crippen LogP contribution >= 0.6 is 0 Å². The Balaban J connectivity index is 2.24. The molecule has 1 saturated carbocycles. The fourth-order valence-corrected chi connectivity index (χ4v) is 2.56. The second-order valence-electron chi connectivity index (χ2n) is 5.17. The molecule has 0 aromatic rings. The minimum Gasteiger partial charge on any atom is -0.391 e. The highest BCUT2D eigenvalue weighted by molar-refractivity contribution is 5.81. The Morgan fingerprint density at radius 1 is 1.44 bits per heavy atom. The molecule has 0 saturated heterocycles. The van der Waals surface area contributed by atoms with Gasteiger partial charge in [0.15, 0.2) is 0 Å². The van der Waals surface area contributed by atoms with E-state index >= 15 is 0 Å². The highest BCUT2D eigenvalue weighted by atomic mass is 16.5. The van der Waals surface area contributed by atoms with E-state index in [9.17, 15) is 9.90 Å². The number of methoxy groups -OCH3 is 1.